The van der Waals surface area contributed by atoms with Crippen LogP contribution in [0.4, 0.5) is 11.5 Å². The number of benzene rings is 1. The second-order valence-corrected chi connectivity index (χ2v) is 5.61. The fourth-order valence-electron chi connectivity index (χ4n) is 2.38. The number of rotatable bonds is 2. The van der Waals surface area contributed by atoms with Gasteiger partial charge in [-0.1, -0.05) is 11.6 Å². The zero-order chi connectivity index (χ0) is 14.1. The van der Waals surface area contributed by atoms with Crippen molar-refractivity contribution < 1.29 is 0 Å². The van der Waals surface area contributed by atoms with Gasteiger partial charge >= 0.3 is 0 Å². The van der Waals surface area contributed by atoms with Crippen molar-refractivity contribution >= 4 is 34.9 Å². The van der Waals surface area contributed by atoms with Crippen molar-refractivity contribution in [3.05, 3.63) is 40.8 Å². The van der Waals surface area contributed by atoms with Gasteiger partial charge in [-0.15, -0.1) is 11.8 Å². The van der Waals surface area contributed by atoms with E-state index in [1.807, 2.05) is 4.90 Å². The first-order valence-electron chi connectivity index (χ1n) is 6.09. The third-order valence-electron chi connectivity index (χ3n) is 3.33. The average Bonchev–Trinajstić information content (AvgIpc) is 2.89. The van der Waals surface area contributed by atoms with Crippen LogP contribution < -0.4 is 4.90 Å². The van der Waals surface area contributed by atoms with Crippen LogP contribution in [0, 0.1) is 11.3 Å². The second kappa shape index (κ2) is 5.31. The molecule has 1 aromatic heterocycles. The summed E-state index contributed by atoms with van der Waals surface area (Å²) >= 11 is 7.70. The molecule has 2 aromatic rings. The summed E-state index contributed by atoms with van der Waals surface area (Å²) in [6, 6.07) is 8.44. The Labute approximate surface area is 126 Å². The largest absolute Gasteiger partial charge is 0.325 e. The predicted molar refractivity (Wildman–Crippen MR) is 80.7 cm³/mol. The summed E-state index contributed by atoms with van der Waals surface area (Å²) in [5.74, 6) is 0.586. The van der Waals surface area contributed by atoms with Crippen LogP contribution in [-0.4, -0.2) is 22.8 Å². The molecule has 0 N–H and O–H groups in total. The zero-order valence-corrected chi connectivity index (χ0v) is 12.4. The van der Waals surface area contributed by atoms with Gasteiger partial charge in [0.15, 0.2) is 11.0 Å². The summed E-state index contributed by atoms with van der Waals surface area (Å²) in [5, 5.41) is 9.45. The van der Waals surface area contributed by atoms with Gasteiger partial charge in [-0.05, 0) is 36.4 Å². The molecular formula is C14H11ClN4S. The van der Waals surface area contributed by atoms with Crippen molar-refractivity contribution in [1.29, 1.82) is 5.26 Å². The number of anilines is 2. The van der Waals surface area contributed by atoms with Gasteiger partial charge in [0.05, 0.1) is 0 Å². The Kier molecular flexibility index (Phi) is 3.51. The standard InChI is InChI=1S/C14H11ClN4S/c1-20-10-2-3-12-9(6-10)4-5-19(12)14-11(7-16)13(15)17-8-18-14/h2-3,6,8H,4-5H2,1H3. The maximum Gasteiger partial charge on any atom is 0.156 e. The molecule has 0 atom stereocenters. The van der Waals surface area contributed by atoms with E-state index in [0.717, 1.165) is 18.7 Å². The molecule has 0 saturated heterocycles. The Morgan fingerprint density at radius 3 is 3.00 bits per heavy atom. The number of halogens is 1. The van der Waals surface area contributed by atoms with E-state index in [2.05, 4.69) is 40.5 Å². The molecule has 0 bridgehead atoms. The van der Waals surface area contributed by atoms with Crippen LogP contribution in [0.1, 0.15) is 11.1 Å². The first kappa shape index (κ1) is 13.2. The van der Waals surface area contributed by atoms with Crippen LogP contribution in [0.2, 0.25) is 5.15 Å². The molecule has 4 nitrogen and oxygen atoms in total. The highest BCUT2D eigenvalue weighted by Gasteiger charge is 2.25. The first-order valence-corrected chi connectivity index (χ1v) is 7.70. The molecule has 2 heterocycles. The number of thioether (sulfide) groups is 1. The third-order valence-corrected chi connectivity index (χ3v) is 4.34. The maximum atomic E-state index is 9.25. The molecule has 0 saturated carbocycles. The van der Waals surface area contributed by atoms with Crippen LogP contribution in [0.15, 0.2) is 29.4 Å². The van der Waals surface area contributed by atoms with Gasteiger partial charge in [0.1, 0.15) is 18.0 Å². The lowest BCUT2D eigenvalue weighted by Gasteiger charge is -2.19. The number of hydrogen-bond donors (Lipinski definition) is 0. The van der Waals surface area contributed by atoms with E-state index in [1.165, 1.54) is 16.8 Å². The van der Waals surface area contributed by atoms with Crippen molar-refractivity contribution in [1.82, 2.24) is 9.97 Å². The van der Waals surface area contributed by atoms with E-state index >= 15 is 0 Å². The van der Waals surface area contributed by atoms with Crippen LogP contribution in [0.25, 0.3) is 0 Å². The van der Waals surface area contributed by atoms with Gasteiger partial charge < -0.3 is 4.90 Å². The number of fused-ring (bicyclic) bond motifs is 1. The van der Waals surface area contributed by atoms with Crippen LogP contribution in [0.5, 0.6) is 0 Å². The first-order chi connectivity index (χ1) is 9.74. The molecule has 0 fully saturated rings. The second-order valence-electron chi connectivity index (χ2n) is 4.37. The summed E-state index contributed by atoms with van der Waals surface area (Å²) in [4.78, 5) is 11.4. The van der Waals surface area contributed by atoms with E-state index < -0.39 is 0 Å². The van der Waals surface area contributed by atoms with Crippen LogP contribution >= 0.6 is 23.4 Å². The molecule has 0 aliphatic carbocycles. The zero-order valence-electron chi connectivity index (χ0n) is 10.8. The van der Waals surface area contributed by atoms with Crippen molar-refractivity contribution in [2.24, 2.45) is 0 Å². The van der Waals surface area contributed by atoms with E-state index in [4.69, 9.17) is 11.6 Å². The quantitative estimate of drug-likeness (QED) is 0.628. The van der Waals surface area contributed by atoms with Crippen molar-refractivity contribution in [2.75, 3.05) is 17.7 Å². The van der Waals surface area contributed by atoms with E-state index in [-0.39, 0.29) is 5.15 Å². The maximum absolute atomic E-state index is 9.25. The van der Waals surface area contributed by atoms with E-state index in [0.29, 0.717) is 11.4 Å². The Balaban J connectivity index is 2.08. The number of nitrogens with zero attached hydrogens (tertiary/aromatic N) is 4. The van der Waals surface area contributed by atoms with Gasteiger partial charge in [0.2, 0.25) is 0 Å². The third kappa shape index (κ3) is 2.11. The average molecular weight is 303 g/mol. The lowest BCUT2D eigenvalue weighted by Crippen LogP contribution is -2.16. The van der Waals surface area contributed by atoms with Gasteiger partial charge in [0, 0.05) is 17.1 Å². The number of nitriles is 1. The molecule has 0 amide bonds. The molecule has 1 aliphatic rings. The number of hydrogen-bond acceptors (Lipinski definition) is 5. The minimum absolute atomic E-state index is 0.201. The van der Waals surface area contributed by atoms with Gasteiger partial charge in [0.25, 0.3) is 0 Å². The lowest BCUT2D eigenvalue weighted by molar-refractivity contribution is 0.960. The Morgan fingerprint density at radius 2 is 2.25 bits per heavy atom. The Morgan fingerprint density at radius 1 is 1.40 bits per heavy atom. The van der Waals surface area contributed by atoms with Crippen molar-refractivity contribution in [2.45, 2.75) is 11.3 Å². The molecule has 1 aromatic carbocycles. The lowest BCUT2D eigenvalue weighted by atomic mass is 10.2. The molecule has 20 heavy (non-hydrogen) atoms. The molecule has 0 radical (unpaired) electrons. The summed E-state index contributed by atoms with van der Waals surface area (Å²) in [6.07, 6.45) is 4.40. The van der Waals surface area contributed by atoms with Crippen molar-refractivity contribution in [3.8, 4) is 6.07 Å². The van der Waals surface area contributed by atoms with Crippen LogP contribution in [-0.2, 0) is 6.42 Å². The SMILES string of the molecule is CSc1ccc2c(c1)CCN2c1ncnc(Cl)c1C#N. The topological polar surface area (TPSA) is 52.8 Å². The van der Waals surface area contributed by atoms with E-state index in [9.17, 15) is 5.26 Å². The Hall–Kier alpha value is -1.77. The molecule has 100 valence electrons. The fourth-order valence-corrected chi connectivity index (χ4v) is 3.02. The van der Waals surface area contributed by atoms with Crippen molar-refractivity contribution in [3.63, 3.8) is 0 Å². The molecule has 3 rings (SSSR count). The summed E-state index contributed by atoms with van der Waals surface area (Å²) in [7, 11) is 0. The smallest absolute Gasteiger partial charge is 0.156 e. The van der Waals surface area contributed by atoms with Gasteiger partial charge in [-0.3, -0.25) is 0 Å². The highest BCUT2D eigenvalue weighted by atomic mass is 35.5. The molecule has 6 heteroatoms. The minimum atomic E-state index is 0.201. The molecule has 0 unspecified atom stereocenters. The van der Waals surface area contributed by atoms with Gasteiger partial charge in [-0.2, -0.15) is 5.26 Å². The van der Waals surface area contributed by atoms with E-state index in [1.54, 1.807) is 11.8 Å². The summed E-state index contributed by atoms with van der Waals surface area (Å²) in [5.41, 5.74) is 2.69. The highest BCUT2D eigenvalue weighted by Crippen LogP contribution is 2.37. The monoisotopic (exact) mass is 302 g/mol. The summed E-state index contributed by atoms with van der Waals surface area (Å²) < 4.78 is 0. The predicted octanol–water partition coefficient (Wildman–Crippen LogP) is 3.42. The van der Waals surface area contributed by atoms with Crippen LogP contribution in [0.3, 0.4) is 0 Å². The molecule has 0 spiro atoms. The minimum Gasteiger partial charge on any atom is -0.325 e. The molecule has 1 aliphatic heterocycles. The fraction of sp³-hybridized carbons (Fsp3) is 0.214. The van der Waals surface area contributed by atoms with Gasteiger partial charge in [-0.25, -0.2) is 9.97 Å². The normalized spacial score (nSPS) is 13.2. The Bertz CT molecular complexity index is 711. The number of aromatic nitrogens is 2. The highest BCUT2D eigenvalue weighted by molar-refractivity contribution is 7.98. The summed E-state index contributed by atoms with van der Waals surface area (Å²) in [6.45, 7) is 0.801. The molecular weight excluding hydrogens is 292 g/mol.